The van der Waals surface area contributed by atoms with Gasteiger partial charge in [-0.25, -0.2) is 0 Å². The lowest BCUT2D eigenvalue weighted by atomic mass is 10.00. The van der Waals surface area contributed by atoms with E-state index in [9.17, 15) is 0 Å². The molecular weight excluding hydrogens is 448 g/mol. The standard InChI is InChI=1S/C30H26N4S/c1-20-12-14-25(18-21(20)2)34-29(28(32-30(34)35)26-10-5-6-16-31-26)27-11-7-17-33(27)24-15-13-22-8-3-4-9-23(22)19-24/h3-19,28-29H,1-2H3,(H,32,35)/t28-,29+/m1/s1. The minimum Gasteiger partial charge on any atom is -0.351 e. The molecule has 1 saturated heterocycles. The predicted octanol–water partition coefficient (Wildman–Crippen LogP) is 6.82. The van der Waals surface area contributed by atoms with Gasteiger partial charge < -0.3 is 14.8 Å². The highest BCUT2D eigenvalue weighted by atomic mass is 32.1. The number of hydrogen-bond donors (Lipinski definition) is 1. The molecule has 3 aromatic carbocycles. The maximum absolute atomic E-state index is 5.93. The van der Waals surface area contributed by atoms with Crippen LogP contribution in [0.3, 0.4) is 0 Å². The summed E-state index contributed by atoms with van der Waals surface area (Å²) in [5.74, 6) is 0. The Morgan fingerprint density at radius 3 is 2.37 bits per heavy atom. The number of rotatable bonds is 4. The zero-order valence-electron chi connectivity index (χ0n) is 19.7. The molecule has 0 amide bonds. The van der Waals surface area contributed by atoms with E-state index >= 15 is 0 Å². The smallest absolute Gasteiger partial charge is 0.174 e. The lowest BCUT2D eigenvalue weighted by molar-refractivity contribution is 0.549. The number of thiocarbonyl (C=S) groups is 1. The van der Waals surface area contributed by atoms with Gasteiger partial charge in [-0.05, 0) is 96.5 Å². The third-order valence-electron chi connectivity index (χ3n) is 6.96. The molecule has 0 unspecified atom stereocenters. The summed E-state index contributed by atoms with van der Waals surface area (Å²) in [6.45, 7) is 4.28. The maximum atomic E-state index is 5.93. The largest absolute Gasteiger partial charge is 0.351 e. The van der Waals surface area contributed by atoms with Crippen LogP contribution in [0.5, 0.6) is 0 Å². The van der Waals surface area contributed by atoms with E-state index < -0.39 is 0 Å². The molecule has 0 spiro atoms. The van der Waals surface area contributed by atoms with Gasteiger partial charge in [0.25, 0.3) is 0 Å². The summed E-state index contributed by atoms with van der Waals surface area (Å²) in [6.07, 6.45) is 3.98. The number of pyridine rings is 1. The monoisotopic (exact) mass is 474 g/mol. The summed E-state index contributed by atoms with van der Waals surface area (Å²) in [5, 5.41) is 6.74. The van der Waals surface area contributed by atoms with Gasteiger partial charge in [0.1, 0.15) is 6.04 Å². The number of benzene rings is 3. The molecule has 1 N–H and O–H groups in total. The summed E-state index contributed by atoms with van der Waals surface area (Å²) in [7, 11) is 0. The molecule has 6 rings (SSSR count). The number of fused-ring (bicyclic) bond motifs is 1. The van der Waals surface area contributed by atoms with E-state index in [-0.39, 0.29) is 12.1 Å². The number of nitrogens with zero attached hydrogens (tertiary/aromatic N) is 3. The van der Waals surface area contributed by atoms with Crippen molar-refractivity contribution in [2.45, 2.75) is 25.9 Å². The molecule has 3 heterocycles. The Labute approximate surface area is 210 Å². The second kappa shape index (κ2) is 8.67. The number of hydrogen-bond acceptors (Lipinski definition) is 2. The number of aromatic nitrogens is 2. The van der Waals surface area contributed by atoms with E-state index in [4.69, 9.17) is 17.2 Å². The third kappa shape index (κ3) is 3.78. The first-order chi connectivity index (χ1) is 17.1. The van der Waals surface area contributed by atoms with E-state index in [2.05, 4.69) is 114 Å². The van der Waals surface area contributed by atoms with Gasteiger partial charge in [0.15, 0.2) is 5.11 Å². The van der Waals surface area contributed by atoms with Gasteiger partial charge in [-0.15, -0.1) is 0 Å². The molecule has 2 aromatic heterocycles. The summed E-state index contributed by atoms with van der Waals surface area (Å²) in [4.78, 5) is 6.94. The van der Waals surface area contributed by atoms with E-state index in [0.29, 0.717) is 5.11 Å². The summed E-state index contributed by atoms with van der Waals surface area (Å²) < 4.78 is 2.27. The number of nitrogens with one attached hydrogen (secondary N) is 1. The van der Waals surface area contributed by atoms with Gasteiger partial charge >= 0.3 is 0 Å². The van der Waals surface area contributed by atoms with E-state index in [1.54, 1.807) is 0 Å². The number of anilines is 1. The molecule has 0 saturated carbocycles. The quantitative estimate of drug-likeness (QED) is 0.290. The minimum atomic E-state index is -0.0839. The summed E-state index contributed by atoms with van der Waals surface area (Å²) in [5.41, 5.74) is 6.85. The van der Waals surface area contributed by atoms with Crippen molar-refractivity contribution in [3.63, 3.8) is 0 Å². The van der Waals surface area contributed by atoms with Crippen molar-refractivity contribution < 1.29 is 0 Å². The van der Waals surface area contributed by atoms with Crippen molar-refractivity contribution in [1.82, 2.24) is 14.9 Å². The van der Waals surface area contributed by atoms with Gasteiger partial charge in [0.2, 0.25) is 0 Å². The topological polar surface area (TPSA) is 33.1 Å². The Bertz CT molecular complexity index is 1540. The second-order valence-corrected chi connectivity index (χ2v) is 9.49. The Morgan fingerprint density at radius 2 is 1.57 bits per heavy atom. The van der Waals surface area contributed by atoms with Crippen LogP contribution in [-0.2, 0) is 0 Å². The Balaban J connectivity index is 1.52. The SMILES string of the molecule is Cc1ccc(N2C(=S)N[C@H](c3ccccn3)[C@@H]2c2cccn2-c2ccc3ccccc3c2)cc1C. The summed E-state index contributed by atoms with van der Waals surface area (Å²) in [6, 6.07) is 31.8. The first-order valence-electron chi connectivity index (χ1n) is 11.8. The molecule has 0 bridgehead atoms. The van der Waals surface area contributed by atoms with Crippen molar-refractivity contribution in [1.29, 1.82) is 0 Å². The van der Waals surface area contributed by atoms with Gasteiger partial charge in [0.05, 0.1) is 11.7 Å². The van der Waals surface area contributed by atoms with Crippen LogP contribution in [0.1, 0.15) is 34.6 Å². The molecule has 1 fully saturated rings. The van der Waals surface area contributed by atoms with Crippen LogP contribution in [0.25, 0.3) is 16.5 Å². The highest BCUT2D eigenvalue weighted by Crippen LogP contribution is 2.42. The third-order valence-corrected chi connectivity index (χ3v) is 7.28. The fourth-order valence-electron chi connectivity index (χ4n) is 5.01. The average molecular weight is 475 g/mol. The lowest BCUT2D eigenvalue weighted by Crippen LogP contribution is -2.30. The van der Waals surface area contributed by atoms with Crippen molar-refractivity contribution in [2.75, 3.05) is 4.90 Å². The van der Waals surface area contributed by atoms with Crippen LogP contribution < -0.4 is 10.2 Å². The van der Waals surface area contributed by atoms with Crippen LogP contribution in [-0.4, -0.2) is 14.7 Å². The van der Waals surface area contributed by atoms with Crippen molar-refractivity contribution in [3.05, 3.63) is 126 Å². The lowest BCUT2D eigenvalue weighted by Gasteiger charge is -2.29. The highest BCUT2D eigenvalue weighted by molar-refractivity contribution is 7.80. The van der Waals surface area contributed by atoms with Crippen LogP contribution in [0.15, 0.2) is 103 Å². The first-order valence-corrected chi connectivity index (χ1v) is 12.3. The molecule has 1 aliphatic rings. The second-order valence-electron chi connectivity index (χ2n) is 9.10. The molecule has 0 aliphatic carbocycles. The molecule has 172 valence electrons. The van der Waals surface area contributed by atoms with E-state index in [1.165, 1.54) is 21.9 Å². The van der Waals surface area contributed by atoms with Crippen LogP contribution in [0.2, 0.25) is 0 Å². The first kappa shape index (κ1) is 21.6. The van der Waals surface area contributed by atoms with E-state index in [1.807, 2.05) is 18.3 Å². The fourth-order valence-corrected chi connectivity index (χ4v) is 5.35. The highest BCUT2D eigenvalue weighted by Gasteiger charge is 2.42. The van der Waals surface area contributed by atoms with Gasteiger partial charge in [0, 0.05) is 29.5 Å². The Hall–Kier alpha value is -3.96. The molecule has 5 heteroatoms. The fraction of sp³-hybridized carbons (Fsp3) is 0.133. The van der Waals surface area contributed by atoms with Gasteiger partial charge in [-0.3, -0.25) is 4.98 Å². The van der Waals surface area contributed by atoms with Crippen LogP contribution in [0, 0.1) is 13.8 Å². The maximum Gasteiger partial charge on any atom is 0.174 e. The molecule has 35 heavy (non-hydrogen) atoms. The molecule has 1 aliphatic heterocycles. The summed E-state index contributed by atoms with van der Waals surface area (Å²) >= 11 is 5.93. The zero-order valence-corrected chi connectivity index (χ0v) is 20.5. The molecule has 2 atom stereocenters. The minimum absolute atomic E-state index is 0.0685. The van der Waals surface area contributed by atoms with Crippen molar-refractivity contribution in [2.24, 2.45) is 0 Å². The molecule has 0 radical (unpaired) electrons. The van der Waals surface area contributed by atoms with Crippen molar-refractivity contribution in [3.8, 4) is 5.69 Å². The normalized spacial score (nSPS) is 17.7. The molecular formula is C30H26N4S. The molecule has 4 nitrogen and oxygen atoms in total. The predicted molar refractivity (Wildman–Crippen MR) is 147 cm³/mol. The van der Waals surface area contributed by atoms with Crippen LogP contribution in [0.4, 0.5) is 5.69 Å². The Kier molecular flexibility index (Phi) is 5.34. The van der Waals surface area contributed by atoms with E-state index in [0.717, 1.165) is 22.8 Å². The molecule has 5 aromatic rings. The Morgan fingerprint density at radius 1 is 0.771 bits per heavy atom. The number of aryl methyl sites for hydroxylation is 2. The zero-order chi connectivity index (χ0) is 23.9. The van der Waals surface area contributed by atoms with Gasteiger partial charge in [-0.1, -0.05) is 42.5 Å². The van der Waals surface area contributed by atoms with Crippen LogP contribution >= 0.6 is 12.2 Å². The van der Waals surface area contributed by atoms with Crippen molar-refractivity contribution >= 4 is 33.8 Å². The average Bonchev–Trinajstić information content (AvgIpc) is 3.50. The van der Waals surface area contributed by atoms with Gasteiger partial charge in [-0.2, -0.15) is 0 Å².